The number of methoxy groups -OCH3 is 1. The van der Waals surface area contributed by atoms with Crippen LogP contribution in [0.15, 0.2) is 30.3 Å². The lowest BCUT2D eigenvalue weighted by atomic mass is 9.82. The van der Waals surface area contributed by atoms with Crippen LogP contribution in [0.1, 0.15) is 60.5 Å². The smallest absolute Gasteiger partial charge is 0.170 e. The minimum absolute atomic E-state index is 0.0000529. The number of carbonyl (C=O) groups is 1. The largest absolute Gasteiger partial charge is 0.507 e. The fourth-order valence-electron chi connectivity index (χ4n) is 3.65. The Bertz CT molecular complexity index is 827. The summed E-state index contributed by atoms with van der Waals surface area (Å²) in [5.74, 6) is 0.586. The second-order valence-corrected chi connectivity index (χ2v) is 6.66. The van der Waals surface area contributed by atoms with E-state index in [4.69, 9.17) is 9.47 Å². The number of Topliss-reactive ketones (excluding diaryl/α,β-unsaturated/α-hetero) is 1. The van der Waals surface area contributed by atoms with Crippen LogP contribution < -0.4 is 9.47 Å². The second kappa shape index (κ2) is 7.28. The second-order valence-electron chi connectivity index (χ2n) is 6.66. The Balaban J connectivity index is 2.16. The van der Waals surface area contributed by atoms with Gasteiger partial charge in [-0.3, -0.25) is 4.79 Å². The Morgan fingerprint density at radius 2 is 2.04 bits per heavy atom. The molecule has 5 nitrogen and oxygen atoms in total. The molecule has 0 aliphatic carbocycles. The predicted octanol–water partition coefficient (Wildman–Crippen LogP) is 4.39. The predicted molar refractivity (Wildman–Crippen MR) is 98.6 cm³/mol. The van der Waals surface area contributed by atoms with Crippen molar-refractivity contribution in [3.05, 3.63) is 47.0 Å². The number of aromatic hydroxyl groups is 2. The molecule has 3 rings (SSSR count). The molecule has 1 aliphatic heterocycles. The number of benzene rings is 2. The van der Waals surface area contributed by atoms with Crippen LogP contribution in [0, 0.1) is 0 Å². The maximum Gasteiger partial charge on any atom is 0.170 e. The zero-order valence-corrected chi connectivity index (χ0v) is 15.3. The maximum absolute atomic E-state index is 12.4. The molecule has 0 radical (unpaired) electrons. The van der Waals surface area contributed by atoms with Gasteiger partial charge in [0, 0.05) is 23.5 Å². The van der Waals surface area contributed by atoms with Gasteiger partial charge in [0.25, 0.3) is 0 Å². The van der Waals surface area contributed by atoms with E-state index < -0.39 is 0 Å². The number of hydrogen-bond donors (Lipinski definition) is 2. The number of phenols is 2. The third kappa shape index (κ3) is 3.09. The van der Waals surface area contributed by atoms with Gasteiger partial charge >= 0.3 is 0 Å². The molecule has 0 unspecified atom stereocenters. The molecule has 1 heterocycles. The number of ketones is 1. The Morgan fingerprint density at radius 1 is 1.27 bits per heavy atom. The number of ether oxygens (including phenoxy) is 2. The van der Waals surface area contributed by atoms with Crippen molar-refractivity contribution in [2.24, 2.45) is 0 Å². The Hall–Kier alpha value is -2.69. The molecular weight excluding hydrogens is 332 g/mol. The lowest BCUT2D eigenvalue weighted by Gasteiger charge is -2.32. The van der Waals surface area contributed by atoms with E-state index in [0.29, 0.717) is 29.9 Å². The van der Waals surface area contributed by atoms with Gasteiger partial charge in [0.1, 0.15) is 28.6 Å². The highest BCUT2D eigenvalue weighted by atomic mass is 16.5. The van der Waals surface area contributed by atoms with Gasteiger partial charge in [0.2, 0.25) is 0 Å². The van der Waals surface area contributed by atoms with Gasteiger partial charge in [-0.05, 0) is 38.0 Å². The van der Waals surface area contributed by atoms with Crippen LogP contribution in [-0.2, 0) is 0 Å². The van der Waals surface area contributed by atoms with Gasteiger partial charge in [0.05, 0.1) is 13.2 Å². The van der Waals surface area contributed by atoms with Crippen molar-refractivity contribution in [1.29, 1.82) is 0 Å². The summed E-state index contributed by atoms with van der Waals surface area (Å²) >= 11 is 0. The molecule has 0 fully saturated rings. The van der Waals surface area contributed by atoms with Crippen LogP contribution in [-0.4, -0.2) is 29.2 Å². The summed E-state index contributed by atoms with van der Waals surface area (Å²) in [7, 11) is 1.59. The van der Waals surface area contributed by atoms with Gasteiger partial charge in [-0.25, -0.2) is 0 Å². The highest BCUT2D eigenvalue weighted by molar-refractivity contribution is 6.01. The number of carbonyl (C=O) groups excluding carboxylic acids is 1. The fraction of sp³-hybridized carbons (Fsp3) is 0.381. The Labute approximate surface area is 153 Å². The Kier molecular flexibility index (Phi) is 5.07. The molecule has 0 aromatic heterocycles. The topological polar surface area (TPSA) is 76.0 Å². The van der Waals surface area contributed by atoms with E-state index in [-0.39, 0.29) is 41.3 Å². The summed E-state index contributed by atoms with van der Waals surface area (Å²) in [6.45, 7) is 3.85. The lowest BCUT2D eigenvalue weighted by molar-refractivity contribution is 0.0976. The minimum atomic E-state index is -0.260. The summed E-state index contributed by atoms with van der Waals surface area (Å²) < 4.78 is 11.4. The van der Waals surface area contributed by atoms with Crippen molar-refractivity contribution in [1.82, 2.24) is 0 Å². The first kappa shape index (κ1) is 18.1. The molecule has 0 amide bonds. The molecule has 2 atom stereocenters. The fourth-order valence-corrected chi connectivity index (χ4v) is 3.65. The van der Waals surface area contributed by atoms with Crippen molar-refractivity contribution in [3.63, 3.8) is 0 Å². The number of hydrogen-bond acceptors (Lipinski definition) is 5. The molecule has 0 bridgehead atoms. The third-order valence-electron chi connectivity index (χ3n) is 4.81. The van der Waals surface area contributed by atoms with Crippen molar-refractivity contribution >= 4 is 5.78 Å². The SMILES string of the molecule is CCCC(=O)c1c(O)ccc([C@H]2C[C@H](C)Oc3cccc(OC)c32)c1O. The normalized spacial score (nSPS) is 18.7. The Morgan fingerprint density at radius 3 is 2.73 bits per heavy atom. The van der Waals surface area contributed by atoms with Gasteiger partial charge in [-0.2, -0.15) is 0 Å². The van der Waals surface area contributed by atoms with Crippen molar-refractivity contribution in [3.8, 4) is 23.0 Å². The van der Waals surface area contributed by atoms with Crippen LogP contribution in [0.4, 0.5) is 0 Å². The highest BCUT2D eigenvalue weighted by Crippen LogP contribution is 2.48. The average Bonchev–Trinajstić information content (AvgIpc) is 2.60. The summed E-state index contributed by atoms with van der Waals surface area (Å²) in [5.41, 5.74) is 1.45. The minimum Gasteiger partial charge on any atom is -0.507 e. The van der Waals surface area contributed by atoms with E-state index in [1.165, 1.54) is 6.07 Å². The van der Waals surface area contributed by atoms with Crippen molar-refractivity contribution in [2.75, 3.05) is 7.11 Å². The molecule has 0 spiro atoms. The number of fused-ring (bicyclic) bond motifs is 1. The van der Waals surface area contributed by atoms with E-state index in [1.807, 2.05) is 32.0 Å². The molecular formula is C21H24O5. The molecule has 2 aromatic carbocycles. The van der Waals surface area contributed by atoms with Crippen LogP contribution in [0.3, 0.4) is 0 Å². The van der Waals surface area contributed by atoms with Crippen molar-refractivity contribution in [2.45, 2.75) is 45.1 Å². The van der Waals surface area contributed by atoms with Gasteiger partial charge in [-0.15, -0.1) is 0 Å². The van der Waals surface area contributed by atoms with Crippen LogP contribution in [0.25, 0.3) is 0 Å². The van der Waals surface area contributed by atoms with E-state index >= 15 is 0 Å². The molecule has 138 valence electrons. The summed E-state index contributed by atoms with van der Waals surface area (Å²) in [6.07, 6.45) is 1.50. The van der Waals surface area contributed by atoms with E-state index in [0.717, 1.165) is 5.56 Å². The number of rotatable bonds is 5. The first-order chi connectivity index (χ1) is 12.5. The molecule has 0 saturated carbocycles. The average molecular weight is 356 g/mol. The van der Waals surface area contributed by atoms with Crippen LogP contribution in [0.2, 0.25) is 0 Å². The number of phenolic OH excluding ortho intramolecular Hbond substituents is 2. The van der Waals surface area contributed by atoms with Crippen LogP contribution >= 0.6 is 0 Å². The quantitative estimate of drug-likeness (QED) is 0.777. The summed E-state index contributed by atoms with van der Waals surface area (Å²) in [5, 5.41) is 21.0. The van der Waals surface area contributed by atoms with Gasteiger partial charge < -0.3 is 19.7 Å². The first-order valence-corrected chi connectivity index (χ1v) is 8.89. The van der Waals surface area contributed by atoms with Gasteiger partial charge in [-0.1, -0.05) is 19.1 Å². The highest BCUT2D eigenvalue weighted by Gasteiger charge is 2.33. The third-order valence-corrected chi connectivity index (χ3v) is 4.81. The zero-order valence-electron chi connectivity index (χ0n) is 15.3. The summed E-state index contributed by atoms with van der Waals surface area (Å²) in [4.78, 5) is 12.4. The molecule has 26 heavy (non-hydrogen) atoms. The molecule has 2 N–H and O–H groups in total. The van der Waals surface area contributed by atoms with Gasteiger partial charge in [0.15, 0.2) is 5.78 Å². The van der Waals surface area contributed by atoms with E-state index in [9.17, 15) is 15.0 Å². The molecule has 2 aromatic rings. The molecule has 5 heteroatoms. The van der Waals surface area contributed by atoms with Crippen LogP contribution in [0.5, 0.6) is 23.0 Å². The monoisotopic (exact) mass is 356 g/mol. The summed E-state index contributed by atoms with van der Waals surface area (Å²) in [6, 6.07) is 8.74. The van der Waals surface area contributed by atoms with E-state index in [2.05, 4.69) is 0 Å². The molecule has 1 aliphatic rings. The standard InChI is InChI=1S/C21H24O5/c1-4-6-15(22)20-16(23)10-9-13(21(20)24)14-11-12(2)26-18-8-5-7-17(25-3)19(14)18/h5,7-10,12,14,23-24H,4,6,11H2,1-3H3/t12-,14+/m0/s1. The lowest BCUT2D eigenvalue weighted by Crippen LogP contribution is -2.24. The van der Waals surface area contributed by atoms with E-state index in [1.54, 1.807) is 13.2 Å². The first-order valence-electron chi connectivity index (χ1n) is 8.89. The zero-order chi connectivity index (χ0) is 18.8. The molecule has 0 saturated heterocycles. The maximum atomic E-state index is 12.4. The van der Waals surface area contributed by atoms with Crippen molar-refractivity contribution < 1.29 is 24.5 Å².